The second-order valence-corrected chi connectivity index (χ2v) is 10.6. The Morgan fingerprint density at radius 3 is 2.67 bits per heavy atom. The summed E-state index contributed by atoms with van der Waals surface area (Å²) < 4.78 is 37.5. The van der Waals surface area contributed by atoms with Crippen molar-refractivity contribution in [3.05, 3.63) is 66.1 Å². The van der Waals surface area contributed by atoms with Crippen LogP contribution in [0.15, 0.2) is 48.9 Å². The van der Waals surface area contributed by atoms with Gasteiger partial charge in [0.15, 0.2) is 0 Å². The minimum absolute atomic E-state index is 0.135. The van der Waals surface area contributed by atoms with Crippen molar-refractivity contribution in [2.24, 2.45) is 11.7 Å². The quantitative estimate of drug-likeness (QED) is 0.305. The van der Waals surface area contributed by atoms with Crippen LogP contribution in [0.2, 0.25) is 0 Å². The van der Waals surface area contributed by atoms with Crippen molar-refractivity contribution in [3.8, 4) is 17.3 Å². The van der Waals surface area contributed by atoms with Gasteiger partial charge in [0.25, 0.3) is 0 Å². The van der Waals surface area contributed by atoms with Gasteiger partial charge in [0.2, 0.25) is 5.95 Å². The highest BCUT2D eigenvalue weighted by Gasteiger charge is 2.34. The summed E-state index contributed by atoms with van der Waals surface area (Å²) in [4.78, 5) is 10.9. The molecule has 0 radical (unpaired) electrons. The van der Waals surface area contributed by atoms with Crippen molar-refractivity contribution in [1.82, 2.24) is 19.6 Å². The average Bonchev–Trinajstić information content (AvgIpc) is 3.72. The molecule has 3 atom stereocenters. The molecule has 3 aromatic heterocycles. The van der Waals surface area contributed by atoms with Gasteiger partial charge in [-0.05, 0) is 54.7 Å². The molecule has 1 saturated heterocycles. The Labute approximate surface area is 230 Å². The molecule has 1 saturated carbocycles. The number of nitrogens with one attached hydrogen (secondary N) is 1. The highest BCUT2D eigenvalue weighted by Crippen LogP contribution is 2.42. The van der Waals surface area contributed by atoms with Gasteiger partial charge in [0.1, 0.15) is 11.6 Å². The monoisotopic (exact) mass is 544 g/mol. The van der Waals surface area contributed by atoms with Crippen LogP contribution in [0.25, 0.3) is 16.8 Å². The van der Waals surface area contributed by atoms with Gasteiger partial charge in [-0.1, -0.05) is 6.92 Å². The SMILES string of the molecule is C[C@H]1CN(c2ccncc2Nc2ncc3ccc(-c4c(F)cc(C5CC5)cc4F)nn23)C[C@@H](N)[C@H]1OCCC#N. The number of hydrogen-bond donors (Lipinski definition) is 2. The minimum atomic E-state index is -0.622. The van der Waals surface area contributed by atoms with E-state index in [9.17, 15) is 0 Å². The number of benzene rings is 1. The molecule has 1 aliphatic carbocycles. The molecule has 0 amide bonds. The second-order valence-electron chi connectivity index (χ2n) is 10.6. The summed E-state index contributed by atoms with van der Waals surface area (Å²) in [5, 5.41) is 16.7. The predicted molar refractivity (Wildman–Crippen MR) is 147 cm³/mol. The third-order valence-corrected chi connectivity index (χ3v) is 7.59. The van der Waals surface area contributed by atoms with Crippen molar-refractivity contribution in [3.63, 3.8) is 0 Å². The third kappa shape index (κ3) is 5.08. The molecule has 4 aromatic rings. The van der Waals surface area contributed by atoms with E-state index in [1.807, 2.05) is 6.07 Å². The van der Waals surface area contributed by atoms with Gasteiger partial charge in [-0.2, -0.15) is 14.9 Å². The molecular weight excluding hydrogens is 514 g/mol. The highest BCUT2D eigenvalue weighted by molar-refractivity contribution is 5.74. The number of fused-ring (bicyclic) bond motifs is 1. The number of aromatic nitrogens is 4. The summed E-state index contributed by atoms with van der Waals surface area (Å²) in [5.41, 5.74) is 9.45. The van der Waals surface area contributed by atoms with Gasteiger partial charge in [-0.25, -0.2) is 13.8 Å². The fourth-order valence-electron chi connectivity index (χ4n) is 5.50. The van der Waals surface area contributed by atoms with E-state index in [1.165, 1.54) is 16.6 Å². The maximum absolute atomic E-state index is 15.0. The summed E-state index contributed by atoms with van der Waals surface area (Å²) in [5.74, 6) is -0.484. The first-order valence-corrected chi connectivity index (χ1v) is 13.5. The standard InChI is InChI=1S/C29H30F2N8O/c1-17-15-38(16-23(33)28(17)40-10-2-8-32)26-7-9-34-14-25(26)36-29-35-13-20-5-6-24(37-39(20)29)27-21(30)11-19(12-22(27)31)18-3-4-18/h5-7,9,11-14,17-18,23,28H,2-4,10,15-16,33H2,1H3,(H,35,36)/t17-,23+,28-/m0/s1. The van der Waals surface area contributed by atoms with E-state index in [1.54, 1.807) is 30.7 Å². The Kier molecular flexibility index (Phi) is 7.04. The van der Waals surface area contributed by atoms with Gasteiger partial charge in [0, 0.05) is 31.2 Å². The molecular formula is C29H30F2N8O. The second kappa shape index (κ2) is 10.8. The van der Waals surface area contributed by atoms with Crippen molar-refractivity contribution in [1.29, 1.82) is 5.26 Å². The molecule has 0 bridgehead atoms. The fraction of sp³-hybridized carbons (Fsp3) is 0.379. The van der Waals surface area contributed by atoms with Gasteiger partial charge in [-0.15, -0.1) is 0 Å². The van der Waals surface area contributed by atoms with E-state index < -0.39 is 11.6 Å². The van der Waals surface area contributed by atoms with E-state index >= 15 is 8.78 Å². The largest absolute Gasteiger partial charge is 0.375 e. The number of nitrogens with zero attached hydrogens (tertiary/aromatic N) is 6. The van der Waals surface area contributed by atoms with E-state index in [4.69, 9.17) is 15.7 Å². The molecule has 9 nitrogen and oxygen atoms in total. The lowest BCUT2D eigenvalue weighted by molar-refractivity contribution is -0.00331. The van der Waals surface area contributed by atoms with Crippen molar-refractivity contribution < 1.29 is 13.5 Å². The van der Waals surface area contributed by atoms with E-state index in [-0.39, 0.29) is 35.2 Å². The molecule has 3 N–H and O–H groups in total. The van der Waals surface area contributed by atoms with Gasteiger partial charge in [-0.3, -0.25) is 4.98 Å². The smallest absolute Gasteiger partial charge is 0.229 e. The summed E-state index contributed by atoms with van der Waals surface area (Å²) >= 11 is 0. The lowest BCUT2D eigenvalue weighted by atomic mass is 9.92. The van der Waals surface area contributed by atoms with E-state index in [2.05, 4.69) is 38.3 Å². The molecule has 0 unspecified atom stereocenters. The fourth-order valence-corrected chi connectivity index (χ4v) is 5.50. The number of pyridine rings is 1. The Bertz CT molecular complexity index is 1550. The normalized spacial score (nSPS) is 21.0. The van der Waals surface area contributed by atoms with Crippen LogP contribution in [0, 0.1) is 28.9 Å². The number of ether oxygens (including phenoxy) is 1. The lowest BCUT2D eigenvalue weighted by Gasteiger charge is -2.42. The van der Waals surface area contributed by atoms with Crippen LogP contribution < -0.4 is 16.0 Å². The van der Waals surface area contributed by atoms with Crippen molar-refractivity contribution >= 4 is 22.8 Å². The molecule has 206 valence electrons. The molecule has 2 fully saturated rings. The first kappa shape index (κ1) is 26.1. The summed E-state index contributed by atoms with van der Waals surface area (Å²) in [7, 11) is 0. The lowest BCUT2D eigenvalue weighted by Crippen LogP contribution is -2.56. The van der Waals surface area contributed by atoms with Crippen LogP contribution in [0.4, 0.5) is 26.1 Å². The zero-order chi connectivity index (χ0) is 27.8. The Morgan fingerprint density at radius 1 is 1.15 bits per heavy atom. The molecule has 2 aliphatic rings. The maximum Gasteiger partial charge on any atom is 0.229 e. The maximum atomic E-state index is 15.0. The van der Waals surface area contributed by atoms with Gasteiger partial charge < -0.3 is 20.7 Å². The number of nitrogens with two attached hydrogens (primary N) is 1. The van der Waals surface area contributed by atoms with Gasteiger partial charge in [0.05, 0.1) is 65.7 Å². The number of rotatable bonds is 8. The van der Waals surface area contributed by atoms with Crippen LogP contribution in [0.5, 0.6) is 0 Å². The molecule has 1 aromatic carbocycles. The number of imidazole rings is 1. The zero-order valence-electron chi connectivity index (χ0n) is 22.1. The third-order valence-electron chi connectivity index (χ3n) is 7.59. The molecule has 6 rings (SSSR count). The molecule has 1 aliphatic heterocycles. The highest BCUT2D eigenvalue weighted by atomic mass is 19.1. The van der Waals surface area contributed by atoms with Crippen LogP contribution in [-0.2, 0) is 4.74 Å². The average molecular weight is 545 g/mol. The number of hydrogen-bond acceptors (Lipinski definition) is 8. The molecule has 4 heterocycles. The summed E-state index contributed by atoms with van der Waals surface area (Å²) in [6.45, 7) is 3.70. The Morgan fingerprint density at radius 2 is 1.95 bits per heavy atom. The zero-order valence-corrected chi connectivity index (χ0v) is 22.1. The van der Waals surface area contributed by atoms with E-state index in [0.29, 0.717) is 48.8 Å². The number of piperidine rings is 1. The topological polar surface area (TPSA) is 117 Å². The molecule has 40 heavy (non-hydrogen) atoms. The van der Waals surface area contributed by atoms with Crippen molar-refractivity contribution in [2.45, 2.75) is 44.2 Å². The van der Waals surface area contributed by atoms with Crippen LogP contribution >= 0.6 is 0 Å². The number of anilines is 3. The number of halogens is 2. The summed E-state index contributed by atoms with van der Waals surface area (Å²) in [6, 6.07) is 9.92. The minimum Gasteiger partial charge on any atom is -0.375 e. The van der Waals surface area contributed by atoms with Crippen molar-refractivity contribution in [2.75, 3.05) is 29.9 Å². The van der Waals surface area contributed by atoms with Crippen LogP contribution in [0.1, 0.15) is 37.7 Å². The summed E-state index contributed by atoms with van der Waals surface area (Å²) in [6.07, 6.45) is 7.16. The first-order valence-electron chi connectivity index (χ1n) is 13.5. The molecule has 11 heteroatoms. The number of nitriles is 1. The molecule has 0 spiro atoms. The van der Waals surface area contributed by atoms with Crippen LogP contribution in [0.3, 0.4) is 0 Å². The van der Waals surface area contributed by atoms with Crippen LogP contribution in [-0.4, -0.2) is 51.4 Å². The first-order chi connectivity index (χ1) is 19.4. The Balaban J connectivity index is 1.27. The van der Waals surface area contributed by atoms with Gasteiger partial charge >= 0.3 is 0 Å². The van der Waals surface area contributed by atoms with E-state index in [0.717, 1.165) is 18.5 Å². The Hall–Kier alpha value is -4.14. The predicted octanol–water partition coefficient (Wildman–Crippen LogP) is 4.77.